The maximum absolute atomic E-state index is 12.4. The van der Waals surface area contributed by atoms with Crippen molar-refractivity contribution in [3.8, 4) is 11.3 Å². The van der Waals surface area contributed by atoms with Crippen LogP contribution in [0.15, 0.2) is 61.2 Å². The number of ether oxygens (including phenoxy) is 2. The number of aromatic nitrogens is 4. The molecule has 2 aromatic heterocycles. The van der Waals surface area contributed by atoms with Gasteiger partial charge in [0.15, 0.2) is 0 Å². The molecule has 334 valence electrons. The predicted octanol–water partition coefficient (Wildman–Crippen LogP) is 8.32. The standard InChI is InChI=1S/C22H34BNO4.C20H24ClN3O2.C4H2Cl2N2/c1-15(2)26-19-13-24(14-19)20(25)11-9-17-8-10-18(12-16(17)3)23-27-21(4,5)22(6,7)28-23;1-13(2)26-17-10-24(11-17)20(25)7-6-15-4-5-16(8-14(15)3)18-9-19(21)23-12-22-18;5-3-1-4(6)8-2-7-3/h8,10,12,15,19H,9,11,13-14H2,1-7H3;4-5,8-9,12-13,17H,6-7,10-11H2,1-3H3;1-2H. The minimum atomic E-state index is -0.349. The Morgan fingerprint density at radius 2 is 1.11 bits per heavy atom. The van der Waals surface area contributed by atoms with Gasteiger partial charge in [0.05, 0.1) is 41.3 Å². The minimum absolute atomic E-state index is 0.194. The molecule has 0 radical (unpaired) electrons. The third-order valence-electron chi connectivity index (χ3n) is 11.3. The number of carbonyl (C=O) groups is 2. The van der Waals surface area contributed by atoms with Gasteiger partial charge in [-0.15, -0.1) is 0 Å². The van der Waals surface area contributed by atoms with Crippen molar-refractivity contribution < 1.29 is 28.4 Å². The number of hydrogen-bond acceptors (Lipinski definition) is 10. The molecule has 62 heavy (non-hydrogen) atoms. The summed E-state index contributed by atoms with van der Waals surface area (Å²) in [5.41, 5.74) is 6.84. The number of rotatable bonds is 12. The zero-order chi connectivity index (χ0) is 45.4. The van der Waals surface area contributed by atoms with Crippen LogP contribution in [0.4, 0.5) is 0 Å². The normalized spacial score (nSPS) is 16.9. The van der Waals surface area contributed by atoms with Crippen molar-refractivity contribution in [2.45, 2.75) is 131 Å². The zero-order valence-electron chi connectivity index (χ0n) is 37.6. The number of carbonyl (C=O) groups excluding carboxylic acids is 2. The Bertz CT molecular complexity index is 2110. The Kier molecular flexibility index (Phi) is 17.3. The van der Waals surface area contributed by atoms with E-state index in [9.17, 15) is 9.59 Å². The monoisotopic (exact) mass is 908 g/mol. The highest BCUT2D eigenvalue weighted by Gasteiger charge is 2.51. The first-order valence-electron chi connectivity index (χ1n) is 21.2. The molecule has 7 rings (SSSR count). The summed E-state index contributed by atoms with van der Waals surface area (Å²) in [7, 11) is -0.349. The first kappa shape index (κ1) is 49.3. The summed E-state index contributed by atoms with van der Waals surface area (Å²) in [6.45, 7) is 23.4. The van der Waals surface area contributed by atoms with Crippen molar-refractivity contribution in [1.29, 1.82) is 0 Å². The van der Waals surface area contributed by atoms with Gasteiger partial charge in [0.2, 0.25) is 11.8 Å². The first-order chi connectivity index (χ1) is 29.2. The van der Waals surface area contributed by atoms with Crippen molar-refractivity contribution in [2.24, 2.45) is 0 Å². The summed E-state index contributed by atoms with van der Waals surface area (Å²) < 4.78 is 23.7. The van der Waals surface area contributed by atoms with Gasteiger partial charge in [-0.1, -0.05) is 65.1 Å². The fourth-order valence-corrected chi connectivity index (χ4v) is 7.59. The molecule has 0 spiro atoms. The number of likely N-dealkylation sites (tertiary alicyclic amines) is 2. The van der Waals surface area contributed by atoms with Crippen LogP contribution in [0.25, 0.3) is 11.3 Å². The third-order valence-corrected chi connectivity index (χ3v) is 11.9. The summed E-state index contributed by atoms with van der Waals surface area (Å²) in [6, 6.07) is 15.7. The molecule has 2 aromatic carbocycles. The van der Waals surface area contributed by atoms with Gasteiger partial charge in [0.1, 0.15) is 28.1 Å². The molecule has 16 heteroatoms. The van der Waals surface area contributed by atoms with Crippen LogP contribution in [0.3, 0.4) is 0 Å². The van der Waals surface area contributed by atoms with Crippen molar-refractivity contribution in [1.82, 2.24) is 29.7 Å². The van der Waals surface area contributed by atoms with E-state index in [1.54, 1.807) is 6.07 Å². The molecule has 0 bridgehead atoms. The van der Waals surface area contributed by atoms with Crippen LogP contribution < -0.4 is 5.46 Å². The topological polar surface area (TPSA) is 129 Å². The van der Waals surface area contributed by atoms with Gasteiger partial charge < -0.3 is 28.6 Å². The highest BCUT2D eigenvalue weighted by molar-refractivity contribution is 6.62. The second-order valence-electron chi connectivity index (χ2n) is 17.5. The van der Waals surface area contributed by atoms with Gasteiger partial charge in [-0.3, -0.25) is 9.59 Å². The van der Waals surface area contributed by atoms with E-state index in [0.29, 0.717) is 41.4 Å². The number of nitrogens with zero attached hydrogens (tertiary/aromatic N) is 6. The maximum atomic E-state index is 12.4. The summed E-state index contributed by atoms with van der Waals surface area (Å²) in [6.07, 6.45) is 6.13. The molecule has 0 atom stereocenters. The highest BCUT2D eigenvalue weighted by Crippen LogP contribution is 2.36. The minimum Gasteiger partial charge on any atom is -0.399 e. The molecular formula is C46H60BCl3N6O6. The van der Waals surface area contributed by atoms with Crippen molar-refractivity contribution in [3.05, 3.63) is 98.9 Å². The average molecular weight is 910 g/mol. The first-order valence-corrected chi connectivity index (χ1v) is 22.3. The fourth-order valence-electron chi connectivity index (χ4n) is 7.09. The largest absolute Gasteiger partial charge is 0.494 e. The van der Waals surface area contributed by atoms with E-state index in [4.69, 9.17) is 53.6 Å². The molecule has 0 N–H and O–H groups in total. The Labute approximate surface area is 382 Å². The van der Waals surface area contributed by atoms with Crippen LogP contribution in [0.5, 0.6) is 0 Å². The molecule has 3 saturated heterocycles. The molecule has 0 unspecified atom stereocenters. The van der Waals surface area contributed by atoms with Crippen LogP contribution in [0.2, 0.25) is 15.5 Å². The molecule has 3 aliphatic heterocycles. The van der Waals surface area contributed by atoms with Crippen molar-refractivity contribution in [3.63, 3.8) is 0 Å². The van der Waals surface area contributed by atoms with Crippen molar-refractivity contribution in [2.75, 3.05) is 26.2 Å². The number of amides is 2. The molecule has 4 aromatic rings. The van der Waals surface area contributed by atoms with E-state index in [1.807, 2.05) is 43.6 Å². The van der Waals surface area contributed by atoms with Gasteiger partial charge in [-0.05, 0) is 116 Å². The smallest absolute Gasteiger partial charge is 0.399 e. The fraction of sp³-hybridized carbons (Fsp3) is 0.522. The SMILES string of the molecule is Cc1cc(-c2cc(Cl)ncn2)ccc1CCC(=O)N1CC(OC(C)C)C1.Cc1cc(B2OC(C)(C)C(C)(C)O2)ccc1CCC(=O)N1CC(OC(C)C)C1.Clc1cc(Cl)ncn1. The second-order valence-corrected chi connectivity index (χ2v) is 18.7. The number of halogens is 3. The lowest BCUT2D eigenvalue weighted by Crippen LogP contribution is -2.55. The summed E-state index contributed by atoms with van der Waals surface area (Å²) >= 11 is 16.8. The van der Waals surface area contributed by atoms with Crippen molar-refractivity contribution >= 4 is 59.2 Å². The summed E-state index contributed by atoms with van der Waals surface area (Å²) in [5.74, 6) is 0.401. The lowest BCUT2D eigenvalue weighted by Gasteiger charge is -2.40. The number of hydrogen-bond donors (Lipinski definition) is 0. The quantitative estimate of drug-likeness (QED) is 0.101. The molecule has 0 aliphatic carbocycles. The van der Waals surface area contributed by atoms with Gasteiger partial charge in [0.25, 0.3) is 0 Å². The van der Waals surface area contributed by atoms with Gasteiger partial charge in [-0.2, -0.15) is 0 Å². The van der Waals surface area contributed by atoms with Crippen LogP contribution >= 0.6 is 34.8 Å². The second kappa shape index (κ2) is 21.8. The van der Waals surface area contributed by atoms with Gasteiger partial charge in [-0.25, -0.2) is 19.9 Å². The van der Waals surface area contributed by atoms with Crippen LogP contribution in [0, 0.1) is 13.8 Å². The molecular weight excluding hydrogens is 850 g/mol. The molecule has 0 saturated carbocycles. The molecule has 3 aliphatic rings. The maximum Gasteiger partial charge on any atom is 0.494 e. The summed E-state index contributed by atoms with van der Waals surface area (Å²) in [5, 5.41) is 1.16. The van der Waals surface area contributed by atoms with E-state index in [1.165, 1.54) is 35.4 Å². The summed E-state index contributed by atoms with van der Waals surface area (Å²) in [4.78, 5) is 43.8. The lowest BCUT2D eigenvalue weighted by molar-refractivity contribution is -0.148. The Morgan fingerprint density at radius 1 is 0.677 bits per heavy atom. The average Bonchev–Trinajstić information content (AvgIpc) is 3.38. The molecule has 2 amide bonds. The molecule has 3 fully saturated rings. The Morgan fingerprint density at radius 3 is 1.52 bits per heavy atom. The van der Waals surface area contributed by atoms with Gasteiger partial charge in [0, 0.05) is 56.7 Å². The van der Waals surface area contributed by atoms with E-state index in [0.717, 1.165) is 48.2 Å². The Hall–Kier alpha value is -3.69. The molecule has 12 nitrogen and oxygen atoms in total. The third kappa shape index (κ3) is 13.9. The van der Waals surface area contributed by atoms with E-state index in [2.05, 4.69) is 91.8 Å². The predicted molar refractivity (Wildman–Crippen MR) is 246 cm³/mol. The number of aryl methyl sites for hydroxylation is 4. The van der Waals surface area contributed by atoms with E-state index >= 15 is 0 Å². The van der Waals surface area contributed by atoms with Crippen LogP contribution in [-0.4, -0.2) is 110 Å². The van der Waals surface area contributed by atoms with Crippen LogP contribution in [-0.2, 0) is 41.2 Å². The Balaban J connectivity index is 0.000000199. The molecule has 5 heterocycles. The van der Waals surface area contributed by atoms with E-state index < -0.39 is 0 Å². The van der Waals surface area contributed by atoms with E-state index in [-0.39, 0.29) is 54.6 Å². The highest BCUT2D eigenvalue weighted by atomic mass is 35.5. The number of benzene rings is 2. The lowest BCUT2D eigenvalue weighted by atomic mass is 9.77. The van der Waals surface area contributed by atoms with Crippen LogP contribution in [0.1, 0.15) is 90.5 Å². The van der Waals surface area contributed by atoms with Gasteiger partial charge >= 0.3 is 7.12 Å². The zero-order valence-corrected chi connectivity index (χ0v) is 39.9.